The van der Waals surface area contributed by atoms with E-state index >= 15 is 0 Å². The number of amides is 3. The molecule has 1 aliphatic heterocycles. The van der Waals surface area contributed by atoms with Crippen LogP contribution in [-0.4, -0.2) is 76.9 Å². The zero-order chi connectivity index (χ0) is 22.9. The lowest BCUT2D eigenvalue weighted by Crippen LogP contribution is -2.47. The third-order valence-corrected chi connectivity index (χ3v) is 5.77. The maximum Gasteiger partial charge on any atom is 0.321 e. The quantitative estimate of drug-likeness (QED) is 0.623. The van der Waals surface area contributed by atoms with Crippen LogP contribution in [0, 0.1) is 0 Å². The van der Waals surface area contributed by atoms with E-state index < -0.39 is 0 Å². The van der Waals surface area contributed by atoms with Crippen LogP contribution in [0.1, 0.15) is 37.0 Å². The van der Waals surface area contributed by atoms with Crippen molar-refractivity contribution in [1.29, 1.82) is 0 Å². The summed E-state index contributed by atoms with van der Waals surface area (Å²) in [5.74, 6) is 0.545. The van der Waals surface area contributed by atoms with Crippen LogP contribution in [0.3, 0.4) is 0 Å². The first-order chi connectivity index (χ1) is 15.5. The van der Waals surface area contributed by atoms with E-state index in [2.05, 4.69) is 34.5 Å². The van der Waals surface area contributed by atoms with Gasteiger partial charge < -0.3 is 25.2 Å². The lowest BCUT2D eigenvalue weighted by atomic mass is 10.0. The molecule has 2 heterocycles. The number of hydrogen-bond acceptors (Lipinski definition) is 5. The number of piperidine rings is 1. The summed E-state index contributed by atoms with van der Waals surface area (Å²) in [6.07, 6.45) is 4.67. The summed E-state index contributed by atoms with van der Waals surface area (Å²) in [4.78, 5) is 29.2. The number of urea groups is 1. The van der Waals surface area contributed by atoms with E-state index in [1.807, 2.05) is 24.3 Å². The number of carbonyl (C=O) groups is 2. The first-order valence-corrected chi connectivity index (χ1v) is 11.3. The van der Waals surface area contributed by atoms with E-state index in [4.69, 9.17) is 4.74 Å². The smallest absolute Gasteiger partial charge is 0.321 e. The van der Waals surface area contributed by atoms with Crippen molar-refractivity contribution in [2.45, 2.75) is 32.7 Å². The Kier molecular flexibility index (Phi) is 8.49. The second-order valence-corrected chi connectivity index (χ2v) is 7.94. The number of ether oxygens (including phenoxy) is 1. The lowest BCUT2D eigenvalue weighted by molar-refractivity contribution is 0.0919. The molecule has 3 rings (SSSR count). The van der Waals surface area contributed by atoms with Crippen LogP contribution in [0.15, 0.2) is 36.7 Å². The van der Waals surface area contributed by atoms with Gasteiger partial charge in [-0.1, -0.05) is 26.0 Å². The highest BCUT2D eigenvalue weighted by molar-refractivity contribution is 5.94. The molecule has 1 saturated heterocycles. The normalized spacial score (nSPS) is 14.4. The van der Waals surface area contributed by atoms with E-state index in [0.717, 1.165) is 19.6 Å². The van der Waals surface area contributed by atoms with E-state index in [0.29, 0.717) is 49.5 Å². The molecule has 174 valence electrons. The number of rotatable bonds is 9. The van der Waals surface area contributed by atoms with E-state index in [1.54, 1.807) is 29.0 Å². The Hall–Kier alpha value is -3.07. The third-order valence-electron chi connectivity index (χ3n) is 5.77. The molecule has 3 amide bonds. The van der Waals surface area contributed by atoms with Gasteiger partial charge in [0, 0.05) is 38.9 Å². The zero-order valence-electron chi connectivity index (χ0n) is 19.2. The van der Waals surface area contributed by atoms with Crippen molar-refractivity contribution in [3.05, 3.63) is 42.2 Å². The number of hydrogen-bond donors (Lipinski definition) is 2. The second-order valence-electron chi connectivity index (χ2n) is 7.94. The molecule has 0 spiro atoms. The molecule has 0 radical (unpaired) electrons. The topological polar surface area (TPSA) is 91.7 Å². The van der Waals surface area contributed by atoms with Crippen molar-refractivity contribution in [1.82, 2.24) is 24.9 Å². The van der Waals surface area contributed by atoms with Gasteiger partial charge in [-0.05, 0) is 38.1 Å². The molecular weight excluding hydrogens is 408 g/mol. The molecule has 9 nitrogen and oxygen atoms in total. The van der Waals surface area contributed by atoms with Gasteiger partial charge >= 0.3 is 6.03 Å². The minimum absolute atomic E-state index is 0.0439. The van der Waals surface area contributed by atoms with Crippen molar-refractivity contribution in [3.8, 4) is 5.75 Å². The third kappa shape index (κ3) is 6.46. The van der Waals surface area contributed by atoms with Gasteiger partial charge in [0.25, 0.3) is 5.91 Å². The Bertz CT molecular complexity index is 887. The van der Waals surface area contributed by atoms with Crippen molar-refractivity contribution in [2.24, 2.45) is 7.05 Å². The van der Waals surface area contributed by atoms with Crippen molar-refractivity contribution in [3.63, 3.8) is 0 Å². The number of aryl methyl sites for hydroxylation is 1. The molecule has 2 N–H and O–H groups in total. The number of carbonyl (C=O) groups excluding carboxylic acids is 2. The number of aromatic nitrogens is 2. The summed E-state index contributed by atoms with van der Waals surface area (Å²) in [6, 6.07) is 7.40. The molecule has 0 bridgehead atoms. The first-order valence-electron chi connectivity index (χ1n) is 11.3. The van der Waals surface area contributed by atoms with Crippen molar-refractivity contribution in [2.75, 3.05) is 44.6 Å². The fourth-order valence-corrected chi connectivity index (χ4v) is 3.75. The second kappa shape index (κ2) is 11.5. The van der Waals surface area contributed by atoms with E-state index in [9.17, 15) is 9.59 Å². The van der Waals surface area contributed by atoms with E-state index in [-0.39, 0.29) is 18.0 Å². The molecule has 0 saturated carbocycles. The van der Waals surface area contributed by atoms with Crippen molar-refractivity contribution < 1.29 is 14.3 Å². The Morgan fingerprint density at radius 3 is 2.56 bits per heavy atom. The first kappa shape index (κ1) is 23.6. The molecule has 2 aromatic rings. The molecule has 1 aromatic heterocycles. The molecule has 0 unspecified atom stereocenters. The predicted octanol–water partition coefficient (Wildman–Crippen LogP) is 2.57. The molecule has 32 heavy (non-hydrogen) atoms. The fraction of sp³-hybridized carbons (Fsp3) is 0.522. The lowest BCUT2D eigenvalue weighted by Gasteiger charge is -2.32. The Labute approximate surface area is 189 Å². The summed E-state index contributed by atoms with van der Waals surface area (Å²) >= 11 is 0. The monoisotopic (exact) mass is 442 g/mol. The summed E-state index contributed by atoms with van der Waals surface area (Å²) in [7, 11) is 1.78. The largest absolute Gasteiger partial charge is 0.490 e. The molecule has 1 fully saturated rings. The highest BCUT2D eigenvalue weighted by Crippen LogP contribution is 2.24. The van der Waals surface area contributed by atoms with Gasteiger partial charge in [0.2, 0.25) is 0 Å². The van der Waals surface area contributed by atoms with Gasteiger partial charge in [-0.25, -0.2) is 4.79 Å². The summed E-state index contributed by atoms with van der Waals surface area (Å²) in [5, 5.41) is 10.0. The Morgan fingerprint density at radius 1 is 1.19 bits per heavy atom. The van der Waals surface area contributed by atoms with Gasteiger partial charge in [0.15, 0.2) is 0 Å². The van der Waals surface area contributed by atoms with Crippen LogP contribution in [0.2, 0.25) is 0 Å². The molecular formula is C23H34N6O3. The van der Waals surface area contributed by atoms with E-state index in [1.165, 1.54) is 0 Å². The van der Waals surface area contributed by atoms with Gasteiger partial charge in [0.05, 0.1) is 17.4 Å². The number of para-hydroxylation sites is 2. The highest BCUT2D eigenvalue weighted by Gasteiger charge is 2.25. The van der Waals surface area contributed by atoms with Gasteiger partial charge in [-0.2, -0.15) is 5.10 Å². The molecule has 9 heteroatoms. The zero-order valence-corrected chi connectivity index (χ0v) is 19.2. The average molecular weight is 443 g/mol. The summed E-state index contributed by atoms with van der Waals surface area (Å²) in [6.45, 7) is 8.79. The van der Waals surface area contributed by atoms with Crippen LogP contribution >= 0.6 is 0 Å². The average Bonchev–Trinajstić information content (AvgIpc) is 3.25. The number of benzene rings is 1. The molecule has 0 atom stereocenters. The Morgan fingerprint density at radius 2 is 1.91 bits per heavy atom. The minimum atomic E-state index is -0.151. The van der Waals surface area contributed by atoms with Crippen LogP contribution < -0.4 is 15.4 Å². The minimum Gasteiger partial charge on any atom is -0.490 e. The standard InChI is InChI=1S/C23H34N6O3/c1-4-28(5-2)14-15-32-21-9-7-6-8-20(21)26-23(31)29-12-10-19(11-13-29)25-22(30)18-16-24-27(3)17-18/h6-9,16-17,19H,4-5,10-15H2,1-3H3,(H,25,30)(H,26,31). The predicted molar refractivity (Wildman–Crippen MR) is 124 cm³/mol. The van der Waals surface area contributed by atoms with Crippen molar-refractivity contribution >= 4 is 17.6 Å². The summed E-state index contributed by atoms with van der Waals surface area (Å²) in [5.41, 5.74) is 1.22. The van der Waals surface area contributed by atoms with Crippen LogP contribution in [0.25, 0.3) is 0 Å². The summed E-state index contributed by atoms with van der Waals surface area (Å²) < 4.78 is 7.54. The highest BCUT2D eigenvalue weighted by atomic mass is 16.5. The number of anilines is 1. The SMILES string of the molecule is CCN(CC)CCOc1ccccc1NC(=O)N1CCC(NC(=O)c2cnn(C)c2)CC1. The number of nitrogens with one attached hydrogen (secondary N) is 2. The molecule has 0 aliphatic carbocycles. The molecule has 1 aliphatic rings. The number of likely N-dealkylation sites (N-methyl/N-ethyl adjacent to an activating group) is 1. The maximum absolute atomic E-state index is 12.8. The fourth-order valence-electron chi connectivity index (χ4n) is 3.75. The van der Waals surface area contributed by atoms with Crippen LogP contribution in [-0.2, 0) is 7.05 Å². The Balaban J connectivity index is 1.47. The number of likely N-dealkylation sites (tertiary alicyclic amines) is 1. The van der Waals surface area contributed by atoms with Crippen LogP contribution in [0.4, 0.5) is 10.5 Å². The maximum atomic E-state index is 12.8. The van der Waals surface area contributed by atoms with Gasteiger partial charge in [-0.3, -0.25) is 9.48 Å². The number of nitrogens with zero attached hydrogens (tertiary/aromatic N) is 4. The van der Waals surface area contributed by atoms with Gasteiger partial charge in [0.1, 0.15) is 12.4 Å². The van der Waals surface area contributed by atoms with Gasteiger partial charge in [-0.15, -0.1) is 0 Å². The van der Waals surface area contributed by atoms with Crippen LogP contribution in [0.5, 0.6) is 5.75 Å². The molecule has 1 aromatic carbocycles.